The average Bonchev–Trinajstić information content (AvgIpc) is 3.95. The molecule has 4 fully saturated rings. The first kappa shape index (κ1) is 54.3. The molecule has 0 spiro atoms. The molecule has 4 aliphatic rings. The van der Waals surface area contributed by atoms with Gasteiger partial charge in [0.15, 0.2) is 11.4 Å². The van der Waals surface area contributed by atoms with Crippen molar-refractivity contribution in [3.8, 4) is 22.9 Å². The molecule has 1 saturated heterocycles. The summed E-state index contributed by atoms with van der Waals surface area (Å²) in [5, 5.41) is 12.3. The summed E-state index contributed by atoms with van der Waals surface area (Å²) >= 11 is 8.36. The predicted octanol–water partition coefficient (Wildman–Crippen LogP) is 8.24. The van der Waals surface area contributed by atoms with E-state index in [4.69, 9.17) is 50.0 Å². The van der Waals surface area contributed by atoms with E-state index in [0.717, 1.165) is 84.6 Å². The van der Waals surface area contributed by atoms with E-state index in [1.807, 2.05) is 44.4 Å². The number of nitrogens with zero attached hydrogens (tertiary/aromatic N) is 3. The van der Waals surface area contributed by atoms with Gasteiger partial charge in [0, 0.05) is 63.1 Å². The van der Waals surface area contributed by atoms with Crippen molar-refractivity contribution in [2.45, 2.75) is 124 Å². The minimum absolute atomic E-state index is 0.0261. The number of aromatic nitrogens is 2. The molecule has 1 aliphatic heterocycles. The number of likely N-dealkylation sites (N-methyl/N-ethyl adjacent to an activating group) is 1. The largest absolute Gasteiger partial charge is 0.488 e. The molecule has 3 saturated carbocycles. The zero-order valence-electron chi connectivity index (χ0n) is 41.0. The highest BCUT2D eigenvalue weighted by atomic mass is 35.5. The second kappa shape index (κ2) is 25.2. The van der Waals surface area contributed by atoms with E-state index in [0.29, 0.717) is 40.4 Å². The Bertz CT molecular complexity index is 2020. The van der Waals surface area contributed by atoms with Crippen LogP contribution < -0.4 is 25.4 Å². The van der Waals surface area contributed by atoms with Crippen molar-refractivity contribution in [3.05, 3.63) is 28.6 Å². The number of ether oxygens (including phenoxy) is 6. The molecule has 1 aromatic carbocycles. The van der Waals surface area contributed by atoms with Gasteiger partial charge in [-0.3, -0.25) is 14.5 Å². The van der Waals surface area contributed by atoms with Crippen LogP contribution in [-0.4, -0.2) is 125 Å². The van der Waals surface area contributed by atoms with E-state index in [1.54, 1.807) is 32.6 Å². The third kappa shape index (κ3) is 15.4. The number of thiazole rings is 1. The lowest BCUT2D eigenvalue weighted by atomic mass is 9.88. The predicted molar refractivity (Wildman–Crippen MR) is 258 cm³/mol. The molecule has 16 nitrogen and oxygen atoms in total. The van der Waals surface area contributed by atoms with Gasteiger partial charge in [0.2, 0.25) is 6.41 Å². The molecule has 5 unspecified atom stereocenters. The van der Waals surface area contributed by atoms with Crippen LogP contribution in [0.25, 0.3) is 22.3 Å². The molecule has 3 aliphatic carbocycles. The van der Waals surface area contributed by atoms with Gasteiger partial charge in [0.1, 0.15) is 47.3 Å². The van der Waals surface area contributed by atoms with Crippen LogP contribution in [0.15, 0.2) is 23.6 Å². The van der Waals surface area contributed by atoms with Crippen molar-refractivity contribution in [2.75, 3.05) is 53.9 Å². The van der Waals surface area contributed by atoms with E-state index in [-0.39, 0.29) is 42.2 Å². The first-order valence-corrected chi connectivity index (χ1v) is 24.1. The Morgan fingerprint density at radius 2 is 1.65 bits per heavy atom. The summed E-state index contributed by atoms with van der Waals surface area (Å²) in [6.07, 6.45) is 5.66. The van der Waals surface area contributed by atoms with Gasteiger partial charge in [-0.05, 0) is 88.3 Å². The molecule has 7 atom stereocenters. The molecule has 3 N–H and O–H groups in total. The number of pyridine rings is 1. The highest BCUT2D eigenvalue weighted by Gasteiger charge is 2.54. The summed E-state index contributed by atoms with van der Waals surface area (Å²) in [7, 11) is 8.26. The first-order valence-electron chi connectivity index (χ1n) is 22.8. The number of aldehydes is 1. The number of esters is 1. The van der Waals surface area contributed by atoms with Crippen LogP contribution >= 0.6 is 22.9 Å². The third-order valence-corrected chi connectivity index (χ3v) is 13.7. The van der Waals surface area contributed by atoms with Gasteiger partial charge in [0.05, 0.1) is 30.3 Å². The number of halogens is 1. The fourth-order valence-electron chi connectivity index (χ4n) is 8.17. The molecular weight excluding hydrogens is 888 g/mol. The normalized spacial score (nSPS) is 24.2. The molecule has 0 bridgehead atoms. The number of likely N-dealkylation sites (tertiary alicyclic amines) is 1. The zero-order chi connectivity index (χ0) is 48.9. The molecule has 18 heteroatoms. The van der Waals surface area contributed by atoms with Gasteiger partial charge >= 0.3 is 12.1 Å². The maximum absolute atomic E-state index is 11.7. The minimum atomic E-state index is -0.500. The molecule has 7 rings (SSSR count). The van der Waals surface area contributed by atoms with E-state index in [1.165, 1.54) is 7.11 Å². The van der Waals surface area contributed by atoms with Gasteiger partial charge in [-0.25, -0.2) is 14.8 Å². The SMILES string of the molecule is CC1C2CC(OC(=O)N[C@H](C=O)C(C)(C)C)CC12.CCC1CC1C(=O)OC.CNC=O.COC(COc1ccc2c(O[C@@H]3CC(C)N(C)C3)cc(-c3csc(NC(C)C)n3)nc2c1Cl)OC. The summed E-state index contributed by atoms with van der Waals surface area (Å²) in [6.45, 7) is 17.6. The van der Waals surface area contributed by atoms with Crippen LogP contribution in [0, 0.1) is 35.0 Å². The van der Waals surface area contributed by atoms with E-state index >= 15 is 0 Å². The molecule has 368 valence electrons. The number of anilines is 1. The maximum Gasteiger partial charge on any atom is 0.407 e. The molecule has 2 aromatic heterocycles. The number of alkyl carbamates (subject to hydrolysis) is 1. The number of benzene rings is 1. The first-order chi connectivity index (χ1) is 31.3. The van der Waals surface area contributed by atoms with E-state index in [2.05, 4.69) is 67.3 Å². The van der Waals surface area contributed by atoms with Crippen LogP contribution in [0.2, 0.25) is 5.02 Å². The number of nitrogens with one attached hydrogen (secondary N) is 3. The van der Waals surface area contributed by atoms with Crippen LogP contribution in [0.5, 0.6) is 11.5 Å². The number of hydrogen-bond donors (Lipinski definition) is 3. The van der Waals surface area contributed by atoms with Crippen molar-refractivity contribution in [2.24, 2.45) is 35.0 Å². The topological polar surface area (TPSA) is 189 Å². The lowest BCUT2D eigenvalue weighted by Gasteiger charge is -2.27. The molecule has 2 amide bonds. The molecule has 3 aromatic rings. The van der Waals surface area contributed by atoms with Crippen molar-refractivity contribution in [1.29, 1.82) is 0 Å². The highest BCUT2D eigenvalue weighted by molar-refractivity contribution is 7.14. The monoisotopic (exact) mass is 960 g/mol. The number of amides is 2. The lowest BCUT2D eigenvalue weighted by molar-refractivity contribution is -0.142. The van der Waals surface area contributed by atoms with Crippen molar-refractivity contribution >= 4 is 63.7 Å². The Morgan fingerprint density at radius 3 is 2.17 bits per heavy atom. The number of fused-ring (bicyclic) bond motifs is 2. The average molecular weight is 962 g/mol. The summed E-state index contributed by atoms with van der Waals surface area (Å²) in [5.41, 5.74) is 1.79. The summed E-state index contributed by atoms with van der Waals surface area (Å²) in [5.74, 6) is 4.40. The Hall–Kier alpha value is -4.29. The Balaban J connectivity index is 0.000000252. The van der Waals surface area contributed by atoms with Gasteiger partial charge in [0.25, 0.3) is 0 Å². The van der Waals surface area contributed by atoms with E-state index < -0.39 is 18.4 Å². The summed E-state index contributed by atoms with van der Waals surface area (Å²) in [6, 6.07) is 5.98. The Kier molecular flexibility index (Phi) is 20.7. The van der Waals surface area contributed by atoms with Gasteiger partial charge in [-0.15, -0.1) is 11.3 Å². The van der Waals surface area contributed by atoms with Crippen LogP contribution in [0.1, 0.15) is 87.5 Å². The fraction of sp³-hybridized carbons (Fsp3) is 0.667. The number of hydrogen-bond acceptors (Lipinski definition) is 15. The van der Waals surface area contributed by atoms with Gasteiger partial charge in [-0.1, -0.05) is 52.6 Å². The maximum atomic E-state index is 11.7. The second-order valence-electron chi connectivity index (χ2n) is 18.8. The fourth-order valence-corrected chi connectivity index (χ4v) is 9.28. The second-order valence-corrected chi connectivity index (χ2v) is 20.1. The van der Waals surface area contributed by atoms with Gasteiger partial charge in [-0.2, -0.15) is 0 Å². The van der Waals surface area contributed by atoms with Crippen LogP contribution in [-0.2, 0) is 33.3 Å². The number of rotatable bonds is 16. The number of carbonyl (C=O) groups excluding carboxylic acids is 4. The smallest absolute Gasteiger partial charge is 0.407 e. The highest BCUT2D eigenvalue weighted by Crippen LogP contribution is 2.57. The third-order valence-electron chi connectivity index (χ3n) is 12.6. The minimum Gasteiger partial charge on any atom is -0.488 e. The van der Waals surface area contributed by atoms with E-state index in [9.17, 15) is 14.4 Å². The van der Waals surface area contributed by atoms with Crippen molar-refractivity contribution in [3.63, 3.8) is 0 Å². The summed E-state index contributed by atoms with van der Waals surface area (Å²) < 4.78 is 32.8. The Morgan fingerprint density at radius 1 is 0.985 bits per heavy atom. The Labute approximate surface area is 399 Å². The zero-order valence-corrected chi connectivity index (χ0v) is 42.5. The number of carbonyl (C=O) groups is 4. The van der Waals surface area contributed by atoms with Crippen molar-refractivity contribution in [1.82, 2.24) is 25.5 Å². The molecule has 0 radical (unpaired) electrons. The number of methoxy groups -OCH3 is 3. The van der Waals surface area contributed by atoms with Gasteiger partial charge < -0.3 is 49.2 Å². The quantitative estimate of drug-likeness (QED) is 0.0707. The molecule has 66 heavy (non-hydrogen) atoms. The molecule has 3 heterocycles. The standard InChI is InChI=1S/C25H33ClN4O4S.C14H23NO3.C7H12O2.C2H5NO/c1-14(2)27-25-29-19(13-35-25)18-10-21(34-16-9-15(3)30(4)11-16)17-7-8-20(23(26)24(17)28-18)33-12-22(31-5)32-6;1-8-10-5-9(6-11(8)10)18-13(17)15-12(7-16)14(2,3)4;1-3-5-4-6(5)7(8)9-2;1-3-2-4/h7-8,10,13-16,22H,9,11-12H2,1-6H3,(H,27,29);7-12H,5-6H2,1-4H3,(H,15,17);5-6H,3-4H2,1-2H3;2H,1H3,(H,3,4)/t15?,16-;8?,9?,10?,11?,12-;;/m11../s1. The summed E-state index contributed by atoms with van der Waals surface area (Å²) in [4.78, 5) is 54.4. The lowest BCUT2D eigenvalue weighted by Crippen LogP contribution is -2.45. The molecular formula is C48H73ClN6O10S. The van der Waals surface area contributed by atoms with Crippen molar-refractivity contribution < 1.29 is 47.6 Å². The van der Waals surface area contributed by atoms with Crippen LogP contribution in [0.3, 0.4) is 0 Å². The van der Waals surface area contributed by atoms with Crippen LogP contribution in [0.4, 0.5) is 9.93 Å².